The van der Waals surface area contributed by atoms with Gasteiger partial charge in [0.25, 0.3) is 0 Å². The van der Waals surface area contributed by atoms with Crippen molar-refractivity contribution in [2.24, 2.45) is 5.73 Å². The SMILES string of the molecule is CC.Cc1cc(C(N)=O)cs1. The molecule has 0 aliphatic heterocycles. The molecule has 0 aliphatic rings. The first-order chi connectivity index (χ1) is 5.20. The lowest BCUT2D eigenvalue weighted by molar-refractivity contribution is 0.100. The summed E-state index contributed by atoms with van der Waals surface area (Å²) in [5.41, 5.74) is 5.60. The maximum absolute atomic E-state index is 10.4. The molecule has 0 aromatic carbocycles. The van der Waals surface area contributed by atoms with E-state index in [0.717, 1.165) is 4.88 Å². The van der Waals surface area contributed by atoms with E-state index in [1.165, 1.54) is 11.3 Å². The maximum atomic E-state index is 10.4. The smallest absolute Gasteiger partial charge is 0.249 e. The molecule has 0 saturated carbocycles. The second kappa shape index (κ2) is 4.91. The number of amides is 1. The predicted molar refractivity (Wildman–Crippen MR) is 48.9 cm³/mol. The van der Waals surface area contributed by atoms with E-state index >= 15 is 0 Å². The Kier molecular flexibility index (Phi) is 4.54. The molecule has 2 nitrogen and oxygen atoms in total. The Morgan fingerprint density at radius 2 is 2.09 bits per heavy atom. The number of hydrogen-bond donors (Lipinski definition) is 1. The standard InChI is InChI=1S/C6H7NOS.C2H6/c1-4-2-5(3-9-4)6(7)8;1-2/h2-3H,1H3,(H2,7,8);1-2H3. The molecular formula is C8H13NOS. The Hall–Kier alpha value is -0.830. The van der Waals surface area contributed by atoms with Gasteiger partial charge in [0.15, 0.2) is 0 Å². The van der Waals surface area contributed by atoms with Gasteiger partial charge in [0.1, 0.15) is 0 Å². The first-order valence-electron chi connectivity index (χ1n) is 3.55. The minimum absolute atomic E-state index is 0.348. The number of hydrogen-bond acceptors (Lipinski definition) is 2. The number of aryl methyl sites for hydroxylation is 1. The Bertz CT molecular complexity index is 230. The average Bonchev–Trinajstić information content (AvgIpc) is 2.40. The predicted octanol–water partition coefficient (Wildman–Crippen LogP) is 2.18. The molecule has 0 bridgehead atoms. The summed E-state index contributed by atoms with van der Waals surface area (Å²) < 4.78 is 0. The molecule has 0 radical (unpaired) electrons. The molecule has 1 rings (SSSR count). The van der Waals surface area contributed by atoms with Crippen molar-refractivity contribution in [3.05, 3.63) is 21.9 Å². The summed E-state index contributed by atoms with van der Waals surface area (Å²) in [6.45, 7) is 5.94. The van der Waals surface area contributed by atoms with Gasteiger partial charge in [-0.1, -0.05) is 13.8 Å². The van der Waals surface area contributed by atoms with Crippen molar-refractivity contribution in [3.63, 3.8) is 0 Å². The summed E-state index contributed by atoms with van der Waals surface area (Å²) in [5.74, 6) is -0.348. The van der Waals surface area contributed by atoms with Crippen LogP contribution in [0.1, 0.15) is 29.1 Å². The zero-order valence-electron chi connectivity index (χ0n) is 7.05. The van der Waals surface area contributed by atoms with Gasteiger partial charge in [-0.25, -0.2) is 0 Å². The van der Waals surface area contributed by atoms with Gasteiger partial charge >= 0.3 is 0 Å². The van der Waals surface area contributed by atoms with E-state index in [9.17, 15) is 4.79 Å². The molecule has 0 fully saturated rings. The number of carbonyl (C=O) groups is 1. The number of thiophene rings is 1. The molecule has 2 N–H and O–H groups in total. The van der Waals surface area contributed by atoms with E-state index in [1.807, 2.05) is 20.8 Å². The number of primary amides is 1. The van der Waals surface area contributed by atoms with Crippen LogP contribution in [0.5, 0.6) is 0 Å². The Balaban J connectivity index is 0.000000461. The van der Waals surface area contributed by atoms with Crippen molar-refractivity contribution in [1.82, 2.24) is 0 Å². The van der Waals surface area contributed by atoms with Crippen molar-refractivity contribution in [1.29, 1.82) is 0 Å². The van der Waals surface area contributed by atoms with Crippen LogP contribution in [0.25, 0.3) is 0 Å². The summed E-state index contributed by atoms with van der Waals surface area (Å²) in [6.07, 6.45) is 0. The molecule has 0 aliphatic carbocycles. The molecule has 3 heteroatoms. The second-order valence-corrected chi connectivity index (χ2v) is 2.93. The van der Waals surface area contributed by atoms with Crippen LogP contribution in [0.15, 0.2) is 11.4 Å². The molecule has 0 spiro atoms. The third-order valence-electron chi connectivity index (χ3n) is 1.02. The fourth-order valence-corrected chi connectivity index (χ4v) is 1.26. The van der Waals surface area contributed by atoms with E-state index < -0.39 is 0 Å². The van der Waals surface area contributed by atoms with E-state index in [-0.39, 0.29) is 5.91 Å². The van der Waals surface area contributed by atoms with Crippen LogP contribution >= 0.6 is 11.3 Å². The van der Waals surface area contributed by atoms with Crippen molar-refractivity contribution in [2.75, 3.05) is 0 Å². The average molecular weight is 171 g/mol. The summed E-state index contributed by atoms with van der Waals surface area (Å²) >= 11 is 1.53. The van der Waals surface area contributed by atoms with Crippen LogP contribution in [0.3, 0.4) is 0 Å². The highest BCUT2D eigenvalue weighted by molar-refractivity contribution is 7.10. The molecule has 0 saturated heterocycles. The van der Waals surface area contributed by atoms with Crippen LogP contribution in [-0.4, -0.2) is 5.91 Å². The van der Waals surface area contributed by atoms with E-state index in [2.05, 4.69) is 0 Å². The molecule has 62 valence electrons. The summed E-state index contributed by atoms with van der Waals surface area (Å²) in [5, 5.41) is 1.76. The number of carbonyl (C=O) groups excluding carboxylic acids is 1. The minimum Gasteiger partial charge on any atom is -0.366 e. The maximum Gasteiger partial charge on any atom is 0.249 e. The monoisotopic (exact) mass is 171 g/mol. The number of nitrogens with two attached hydrogens (primary N) is 1. The van der Waals surface area contributed by atoms with Gasteiger partial charge in [-0.2, -0.15) is 0 Å². The Labute approximate surface area is 71.0 Å². The lowest BCUT2D eigenvalue weighted by Gasteiger charge is -1.81. The van der Waals surface area contributed by atoms with Gasteiger partial charge in [0.05, 0.1) is 5.56 Å². The first kappa shape index (κ1) is 10.2. The Morgan fingerprint density at radius 3 is 2.27 bits per heavy atom. The molecule has 11 heavy (non-hydrogen) atoms. The molecule has 0 atom stereocenters. The minimum atomic E-state index is -0.348. The Morgan fingerprint density at radius 1 is 1.55 bits per heavy atom. The topological polar surface area (TPSA) is 43.1 Å². The van der Waals surface area contributed by atoms with Crippen LogP contribution in [0.2, 0.25) is 0 Å². The molecule has 1 heterocycles. The highest BCUT2D eigenvalue weighted by atomic mass is 32.1. The van der Waals surface area contributed by atoms with Gasteiger partial charge in [-0.05, 0) is 13.0 Å². The quantitative estimate of drug-likeness (QED) is 0.691. The largest absolute Gasteiger partial charge is 0.366 e. The molecular weight excluding hydrogens is 158 g/mol. The fourth-order valence-electron chi connectivity index (χ4n) is 0.573. The summed E-state index contributed by atoms with van der Waals surface area (Å²) in [6, 6.07) is 1.78. The van der Waals surface area contributed by atoms with Crippen molar-refractivity contribution in [2.45, 2.75) is 20.8 Å². The molecule has 0 unspecified atom stereocenters. The van der Waals surface area contributed by atoms with Gasteiger partial charge in [0, 0.05) is 10.3 Å². The van der Waals surface area contributed by atoms with E-state index in [0.29, 0.717) is 5.56 Å². The highest BCUT2D eigenvalue weighted by Crippen LogP contribution is 2.11. The second-order valence-electron chi connectivity index (χ2n) is 1.81. The zero-order valence-corrected chi connectivity index (χ0v) is 7.87. The number of rotatable bonds is 1. The zero-order chi connectivity index (χ0) is 8.85. The third-order valence-corrected chi connectivity index (χ3v) is 1.88. The van der Waals surface area contributed by atoms with Crippen molar-refractivity contribution < 1.29 is 4.79 Å². The van der Waals surface area contributed by atoms with Gasteiger partial charge < -0.3 is 5.73 Å². The van der Waals surface area contributed by atoms with E-state index in [1.54, 1.807) is 11.4 Å². The third kappa shape index (κ3) is 3.18. The van der Waals surface area contributed by atoms with Gasteiger partial charge in [-0.3, -0.25) is 4.79 Å². The fraction of sp³-hybridized carbons (Fsp3) is 0.375. The molecule has 1 aromatic heterocycles. The molecule has 1 aromatic rings. The lowest BCUT2D eigenvalue weighted by Crippen LogP contribution is -2.08. The first-order valence-corrected chi connectivity index (χ1v) is 4.43. The lowest BCUT2D eigenvalue weighted by atomic mass is 10.3. The van der Waals surface area contributed by atoms with Crippen molar-refractivity contribution in [3.8, 4) is 0 Å². The van der Waals surface area contributed by atoms with Gasteiger partial charge in [0.2, 0.25) is 5.91 Å². The normalized spacial score (nSPS) is 8.27. The van der Waals surface area contributed by atoms with Crippen LogP contribution < -0.4 is 5.73 Å². The summed E-state index contributed by atoms with van der Waals surface area (Å²) in [7, 11) is 0. The van der Waals surface area contributed by atoms with Crippen LogP contribution in [-0.2, 0) is 0 Å². The summed E-state index contributed by atoms with van der Waals surface area (Å²) in [4.78, 5) is 11.6. The molecule has 1 amide bonds. The highest BCUT2D eigenvalue weighted by Gasteiger charge is 1.99. The van der Waals surface area contributed by atoms with E-state index in [4.69, 9.17) is 5.73 Å². The van der Waals surface area contributed by atoms with Crippen LogP contribution in [0.4, 0.5) is 0 Å². The van der Waals surface area contributed by atoms with Crippen molar-refractivity contribution >= 4 is 17.2 Å². The van der Waals surface area contributed by atoms with Crippen LogP contribution in [0, 0.1) is 6.92 Å². The van der Waals surface area contributed by atoms with Gasteiger partial charge in [-0.15, -0.1) is 11.3 Å².